The summed E-state index contributed by atoms with van der Waals surface area (Å²) < 4.78 is 7.42. The van der Waals surface area contributed by atoms with Crippen LogP contribution in [0.15, 0.2) is 42.5 Å². The number of carbonyl (C=O) groups excluding carboxylic acids is 1. The number of amides is 1. The van der Waals surface area contributed by atoms with Gasteiger partial charge in [0.25, 0.3) is 0 Å². The van der Waals surface area contributed by atoms with E-state index in [0.717, 1.165) is 35.2 Å². The van der Waals surface area contributed by atoms with Crippen LogP contribution in [0.1, 0.15) is 37.1 Å². The van der Waals surface area contributed by atoms with Gasteiger partial charge in [0, 0.05) is 36.2 Å². The highest BCUT2D eigenvalue weighted by Crippen LogP contribution is 2.29. The Hall–Kier alpha value is -3.70. The molecule has 1 amide bonds. The largest absolute Gasteiger partial charge is 0.497 e. The van der Waals surface area contributed by atoms with Crippen LogP contribution in [-0.2, 0) is 11.3 Å². The standard InChI is InChI=1S/C23H21N3O2/c1-4-12-26-22(11-8-17-6-5-7-18(13-17)25-16(2)27)21(15-24)20-10-9-19(28-3)14-23(20)26/h5-7,9-10,13-14H,4,12H2,1-3H3,(H,25,27). The maximum Gasteiger partial charge on any atom is 0.221 e. The van der Waals surface area contributed by atoms with Crippen LogP contribution in [0.5, 0.6) is 5.75 Å². The van der Waals surface area contributed by atoms with Crippen LogP contribution >= 0.6 is 0 Å². The molecule has 1 heterocycles. The fourth-order valence-electron chi connectivity index (χ4n) is 3.16. The number of aromatic nitrogens is 1. The lowest BCUT2D eigenvalue weighted by Crippen LogP contribution is -2.05. The van der Waals surface area contributed by atoms with E-state index >= 15 is 0 Å². The van der Waals surface area contributed by atoms with Gasteiger partial charge in [0.15, 0.2) is 0 Å². The van der Waals surface area contributed by atoms with Crippen molar-refractivity contribution in [3.63, 3.8) is 0 Å². The van der Waals surface area contributed by atoms with Gasteiger partial charge in [-0.25, -0.2) is 0 Å². The van der Waals surface area contributed by atoms with Crippen molar-refractivity contribution in [2.45, 2.75) is 26.8 Å². The number of carbonyl (C=O) groups is 1. The van der Waals surface area contributed by atoms with Crippen molar-refractivity contribution in [1.82, 2.24) is 4.57 Å². The second kappa shape index (κ2) is 8.33. The van der Waals surface area contributed by atoms with Gasteiger partial charge in [0.05, 0.1) is 18.2 Å². The number of rotatable bonds is 4. The fraction of sp³-hybridized carbons (Fsp3) is 0.217. The van der Waals surface area contributed by atoms with E-state index in [1.807, 2.05) is 42.5 Å². The number of nitrogens with one attached hydrogen (secondary N) is 1. The number of anilines is 1. The van der Waals surface area contributed by atoms with Gasteiger partial charge < -0.3 is 14.6 Å². The Morgan fingerprint density at radius 3 is 2.71 bits per heavy atom. The first kappa shape index (κ1) is 19.1. The summed E-state index contributed by atoms with van der Waals surface area (Å²) in [6, 6.07) is 15.3. The zero-order valence-corrected chi connectivity index (χ0v) is 16.2. The predicted molar refractivity (Wildman–Crippen MR) is 110 cm³/mol. The summed E-state index contributed by atoms with van der Waals surface area (Å²) in [7, 11) is 1.63. The van der Waals surface area contributed by atoms with E-state index in [-0.39, 0.29) is 5.91 Å². The van der Waals surface area contributed by atoms with Gasteiger partial charge in [0.2, 0.25) is 5.91 Å². The molecule has 2 aromatic carbocycles. The van der Waals surface area contributed by atoms with Crippen LogP contribution in [0, 0.1) is 23.2 Å². The number of hydrogen-bond donors (Lipinski definition) is 1. The topological polar surface area (TPSA) is 67.0 Å². The van der Waals surface area contributed by atoms with Gasteiger partial charge in [-0.05, 0) is 42.7 Å². The summed E-state index contributed by atoms with van der Waals surface area (Å²) in [4.78, 5) is 11.3. The number of benzene rings is 2. The number of hydrogen-bond acceptors (Lipinski definition) is 3. The van der Waals surface area contributed by atoms with Crippen molar-refractivity contribution in [1.29, 1.82) is 5.26 Å². The molecule has 0 spiro atoms. The van der Waals surface area contributed by atoms with Crippen LogP contribution in [0.3, 0.4) is 0 Å². The number of methoxy groups -OCH3 is 1. The van der Waals surface area contributed by atoms with E-state index in [0.29, 0.717) is 16.9 Å². The summed E-state index contributed by atoms with van der Waals surface area (Å²) in [5.41, 5.74) is 3.66. The van der Waals surface area contributed by atoms with Crippen LogP contribution in [0.4, 0.5) is 5.69 Å². The Labute approximate surface area is 164 Å². The maximum atomic E-state index is 11.3. The Bertz CT molecular complexity index is 1140. The third-order valence-corrected chi connectivity index (χ3v) is 4.34. The predicted octanol–water partition coefficient (Wildman–Crippen LogP) is 4.29. The highest BCUT2D eigenvalue weighted by Gasteiger charge is 2.16. The summed E-state index contributed by atoms with van der Waals surface area (Å²) in [6.07, 6.45) is 0.915. The van der Waals surface area contributed by atoms with Gasteiger partial charge in [-0.15, -0.1) is 0 Å². The van der Waals surface area contributed by atoms with E-state index in [4.69, 9.17) is 4.74 Å². The highest BCUT2D eigenvalue weighted by molar-refractivity contribution is 5.91. The minimum absolute atomic E-state index is 0.131. The molecule has 1 aromatic heterocycles. The first-order chi connectivity index (χ1) is 13.6. The highest BCUT2D eigenvalue weighted by atomic mass is 16.5. The molecule has 0 saturated carbocycles. The summed E-state index contributed by atoms with van der Waals surface area (Å²) in [5.74, 6) is 6.93. The molecule has 5 nitrogen and oxygen atoms in total. The molecule has 3 rings (SSSR count). The molecule has 5 heteroatoms. The van der Waals surface area contributed by atoms with Crippen molar-refractivity contribution in [3.05, 3.63) is 59.3 Å². The quantitative estimate of drug-likeness (QED) is 0.696. The molecule has 0 unspecified atom stereocenters. The maximum absolute atomic E-state index is 11.3. The molecule has 140 valence electrons. The zero-order chi connectivity index (χ0) is 20.1. The van der Waals surface area contributed by atoms with Gasteiger partial charge >= 0.3 is 0 Å². The molecule has 0 bridgehead atoms. The molecule has 0 fully saturated rings. The number of nitrogens with zero attached hydrogens (tertiary/aromatic N) is 2. The average Bonchev–Trinajstić information content (AvgIpc) is 2.98. The molecule has 3 aromatic rings. The monoisotopic (exact) mass is 371 g/mol. The number of nitriles is 1. The van der Waals surface area contributed by atoms with Crippen molar-refractivity contribution in [3.8, 4) is 23.7 Å². The Morgan fingerprint density at radius 2 is 2.04 bits per heavy atom. The normalized spacial score (nSPS) is 10.1. The summed E-state index contributed by atoms with van der Waals surface area (Å²) in [5, 5.41) is 13.4. The molecule has 0 aliphatic carbocycles. The van der Waals surface area contributed by atoms with E-state index < -0.39 is 0 Å². The molecular weight excluding hydrogens is 350 g/mol. The van der Waals surface area contributed by atoms with Gasteiger partial charge in [-0.2, -0.15) is 5.26 Å². The van der Waals surface area contributed by atoms with Crippen molar-refractivity contribution < 1.29 is 9.53 Å². The van der Waals surface area contributed by atoms with Crippen LogP contribution in [0.2, 0.25) is 0 Å². The van der Waals surface area contributed by atoms with E-state index in [2.05, 4.69) is 34.7 Å². The smallest absolute Gasteiger partial charge is 0.221 e. The molecule has 28 heavy (non-hydrogen) atoms. The van der Waals surface area contributed by atoms with Crippen LogP contribution in [-0.4, -0.2) is 17.6 Å². The number of aryl methyl sites for hydroxylation is 1. The first-order valence-electron chi connectivity index (χ1n) is 9.07. The van der Waals surface area contributed by atoms with E-state index in [1.165, 1.54) is 6.92 Å². The third kappa shape index (κ3) is 3.84. The van der Waals surface area contributed by atoms with Crippen LogP contribution < -0.4 is 10.1 Å². The lowest BCUT2D eigenvalue weighted by atomic mass is 10.1. The first-order valence-corrected chi connectivity index (χ1v) is 9.07. The number of ether oxygens (including phenoxy) is 1. The molecule has 0 aliphatic heterocycles. The van der Waals surface area contributed by atoms with E-state index in [9.17, 15) is 10.1 Å². The van der Waals surface area contributed by atoms with E-state index in [1.54, 1.807) is 7.11 Å². The molecular formula is C23H21N3O2. The minimum Gasteiger partial charge on any atom is -0.497 e. The van der Waals surface area contributed by atoms with Gasteiger partial charge in [0.1, 0.15) is 17.5 Å². The Balaban J connectivity index is 2.13. The van der Waals surface area contributed by atoms with Crippen molar-refractivity contribution >= 4 is 22.5 Å². The molecule has 0 atom stereocenters. The van der Waals surface area contributed by atoms with Crippen molar-refractivity contribution in [2.75, 3.05) is 12.4 Å². The Morgan fingerprint density at radius 1 is 1.21 bits per heavy atom. The summed E-state index contributed by atoms with van der Waals surface area (Å²) >= 11 is 0. The fourth-order valence-corrected chi connectivity index (χ4v) is 3.16. The van der Waals surface area contributed by atoms with Crippen molar-refractivity contribution in [2.24, 2.45) is 0 Å². The minimum atomic E-state index is -0.131. The lowest BCUT2D eigenvalue weighted by Gasteiger charge is -2.06. The van der Waals surface area contributed by atoms with Crippen LogP contribution in [0.25, 0.3) is 10.9 Å². The average molecular weight is 371 g/mol. The zero-order valence-electron chi connectivity index (χ0n) is 16.2. The van der Waals surface area contributed by atoms with Gasteiger partial charge in [-0.3, -0.25) is 4.79 Å². The molecule has 0 radical (unpaired) electrons. The molecule has 0 saturated heterocycles. The number of fused-ring (bicyclic) bond motifs is 1. The molecule has 1 N–H and O–H groups in total. The molecule has 0 aliphatic rings. The SMILES string of the molecule is CCCn1c(C#Cc2cccc(NC(C)=O)c2)c(C#N)c2ccc(OC)cc21. The second-order valence-electron chi connectivity index (χ2n) is 6.38. The second-order valence-corrected chi connectivity index (χ2v) is 6.38. The third-order valence-electron chi connectivity index (χ3n) is 4.34. The lowest BCUT2D eigenvalue weighted by molar-refractivity contribution is -0.114. The Kier molecular flexibility index (Phi) is 5.67. The summed E-state index contributed by atoms with van der Waals surface area (Å²) in [6.45, 7) is 4.31. The van der Waals surface area contributed by atoms with Gasteiger partial charge in [-0.1, -0.05) is 18.9 Å².